The largest absolute Gasteiger partial charge is 0.545 e. The van der Waals surface area contributed by atoms with E-state index in [4.69, 9.17) is 5.11 Å². The van der Waals surface area contributed by atoms with Crippen molar-refractivity contribution in [1.82, 2.24) is 6.15 Å². The van der Waals surface area contributed by atoms with Crippen LogP contribution < -0.4 is 11.3 Å². The summed E-state index contributed by atoms with van der Waals surface area (Å²) in [7, 11) is 0. The standard InChI is InChI=1S/C8H8.C7H12O2.C4H6O2.H3N/c1-2-8-6-4-3-5-7-8;1-3-4-5-6(2)7(8)9;1-3(2)4(5)6;/h2-7H,1H2;2-5H2,1H3,(H,8,9);1H2,2H3,(H,5,6);1H3. The molecule has 1 rings (SSSR count). The van der Waals surface area contributed by atoms with Crippen LogP contribution in [0.3, 0.4) is 0 Å². The molecule has 0 saturated heterocycles. The van der Waals surface area contributed by atoms with Crippen LogP contribution >= 0.6 is 0 Å². The fraction of sp³-hybridized carbons (Fsp3) is 0.263. The third-order valence-electron chi connectivity index (χ3n) is 2.52. The first-order chi connectivity index (χ1) is 10.8. The fourth-order valence-electron chi connectivity index (χ4n) is 1.09. The van der Waals surface area contributed by atoms with Gasteiger partial charge in [-0.2, -0.15) is 0 Å². The van der Waals surface area contributed by atoms with Crippen molar-refractivity contribution in [2.75, 3.05) is 0 Å². The predicted octanol–water partition coefficient (Wildman–Crippen LogP) is 3.84. The molecule has 134 valence electrons. The third-order valence-corrected chi connectivity index (χ3v) is 2.52. The van der Waals surface area contributed by atoms with E-state index in [2.05, 4.69) is 19.7 Å². The maximum absolute atomic E-state index is 10.1. The smallest absolute Gasteiger partial charge is 0.330 e. The number of carboxylic acids is 2. The molecule has 0 aliphatic heterocycles. The average Bonchev–Trinajstić information content (AvgIpc) is 2.54. The van der Waals surface area contributed by atoms with Crippen molar-refractivity contribution in [2.45, 2.75) is 33.1 Å². The monoisotopic (exact) mass is 335 g/mol. The first-order valence-corrected chi connectivity index (χ1v) is 7.21. The van der Waals surface area contributed by atoms with Crippen molar-refractivity contribution < 1.29 is 19.8 Å². The van der Waals surface area contributed by atoms with Gasteiger partial charge < -0.3 is 21.2 Å². The van der Waals surface area contributed by atoms with Gasteiger partial charge in [0.15, 0.2) is 0 Å². The molecule has 5 N–H and O–H groups in total. The van der Waals surface area contributed by atoms with Crippen LogP contribution in [0.15, 0.2) is 61.2 Å². The van der Waals surface area contributed by atoms with Crippen LogP contribution in [0, 0.1) is 0 Å². The fourth-order valence-corrected chi connectivity index (χ4v) is 1.09. The number of carbonyl (C=O) groups excluding carboxylic acids is 1. The SMILES string of the molecule is C=C(C)C(=O)[O-].C=C(CCCC)C(=O)O.C=Cc1ccccc1.[NH4+]. The molecule has 0 heterocycles. The Morgan fingerprint density at radius 3 is 1.92 bits per heavy atom. The van der Waals surface area contributed by atoms with Gasteiger partial charge in [0.05, 0.1) is 5.97 Å². The lowest BCUT2D eigenvalue weighted by Gasteiger charge is -1.95. The Morgan fingerprint density at radius 1 is 1.21 bits per heavy atom. The molecule has 0 fully saturated rings. The molecule has 0 bridgehead atoms. The number of rotatable bonds is 6. The summed E-state index contributed by atoms with van der Waals surface area (Å²) in [6, 6.07) is 10.0. The van der Waals surface area contributed by atoms with Gasteiger partial charge in [0.2, 0.25) is 0 Å². The van der Waals surface area contributed by atoms with Gasteiger partial charge in [-0.25, -0.2) is 4.79 Å². The van der Waals surface area contributed by atoms with E-state index in [1.54, 1.807) is 0 Å². The van der Waals surface area contributed by atoms with Gasteiger partial charge in [-0.1, -0.05) is 69.5 Å². The van der Waals surface area contributed by atoms with Crippen molar-refractivity contribution in [2.24, 2.45) is 0 Å². The Labute approximate surface area is 144 Å². The minimum Gasteiger partial charge on any atom is -0.545 e. The number of carboxylic acid groups (broad SMARTS) is 2. The second kappa shape index (κ2) is 16.7. The highest BCUT2D eigenvalue weighted by Gasteiger charge is 2.00. The number of hydrogen-bond donors (Lipinski definition) is 2. The Balaban J connectivity index is -0.000000275. The quantitative estimate of drug-likeness (QED) is 0.769. The van der Waals surface area contributed by atoms with Crippen molar-refractivity contribution in [3.63, 3.8) is 0 Å². The number of aliphatic carboxylic acids is 2. The Hall–Kier alpha value is -2.66. The highest BCUT2D eigenvalue weighted by atomic mass is 16.4. The second-order valence-corrected chi connectivity index (χ2v) is 4.69. The van der Waals surface area contributed by atoms with Gasteiger partial charge in [-0.05, 0) is 30.9 Å². The van der Waals surface area contributed by atoms with E-state index >= 15 is 0 Å². The van der Waals surface area contributed by atoms with Crippen LogP contribution in [0.5, 0.6) is 0 Å². The van der Waals surface area contributed by atoms with Gasteiger partial charge in [0.25, 0.3) is 0 Å². The molecule has 24 heavy (non-hydrogen) atoms. The number of hydrogen-bond acceptors (Lipinski definition) is 3. The molecule has 5 nitrogen and oxygen atoms in total. The Morgan fingerprint density at radius 2 is 1.67 bits per heavy atom. The minimum atomic E-state index is -1.19. The zero-order valence-corrected chi connectivity index (χ0v) is 14.9. The number of quaternary nitrogens is 1. The molecular weight excluding hydrogens is 306 g/mol. The van der Waals surface area contributed by atoms with E-state index in [0.29, 0.717) is 12.0 Å². The Bertz CT molecular complexity index is 509. The van der Waals surface area contributed by atoms with E-state index in [-0.39, 0.29) is 11.7 Å². The van der Waals surface area contributed by atoms with Crippen molar-refractivity contribution >= 4 is 18.0 Å². The summed E-state index contributed by atoms with van der Waals surface area (Å²) in [5.74, 6) is -2.06. The van der Waals surface area contributed by atoms with Crippen LogP contribution in [-0.4, -0.2) is 17.0 Å². The van der Waals surface area contributed by atoms with E-state index < -0.39 is 11.9 Å². The summed E-state index contributed by atoms with van der Waals surface area (Å²) in [6.45, 7) is 13.5. The molecule has 0 aliphatic carbocycles. The summed E-state index contributed by atoms with van der Waals surface area (Å²) < 4.78 is 0. The van der Waals surface area contributed by atoms with Crippen LogP contribution in [-0.2, 0) is 9.59 Å². The lowest BCUT2D eigenvalue weighted by atomic mass is 10.1. The summed E-state index contributed by atoms with van der Waals surface area (Å²) in [6.07, 6.45) is 4.39. The normalized spacial score (nSPS) is 8.08. The van der Waals surface area contributed by atoms with Crippen LogP contribution in [0.25, 0.3) is 6.08 Å². The summed E-state index contributed by atoms with van der Waals surface area (Å²) in [4.78, 5) is 19.6. The zero-order chi connectivity index (χ0) is 18.3. The molecule has 0 radical (unpaired) electrons. The van der Waals surface area contributed by atoms with Gasteiger partial charge in [0, 0.05) is 5.57 Å². The minimum absolute atomic E-state index is 0. The lowest BCUT2D eigenvalue weighted by molar-refractivity contribution is -0.299. The van der Waals surface area contributed by atoms with Crippen molar-refractivity contribution in [3.05, 3.63) is 66.8 Å². The molecule has 0 amide bonds. The maximum atomic E-state index is 10.1. The molecule has 0 saturated carbocycles. The Kier molecular flexibility index (Phi) is 18.3. The van der Waals surface area contributed by atoms with Gasteiger partial charge in [0.1, 0.15) is 0 Å². The van der Waals surface area contributed by atoms with E-state index in [1.165, 1.54) is 12.5 Å². The number of unbranched alkanes of at least 4 members (excludes halogenated alkanes) is 1. The molecule has 0 atom stereocenters. The molecule has 0 aliphatic rings. The summed E-state index contributed by atoms with van der Waals surface area (Å²) >= 11 is 0. The van der Waals surface area contributed by atoms with E-state index in [9.17, 15) is 14.7 Å². The molecule has 0 spiro atoms. The molecular formula is C19H29NO4. The predicted molar refractivity (Wildman–Crippen MR) is 98.6 cm³/mol. The highest BCUT2D eigenvalue weighted by molar-refractivity contribution is 5.85. The summed E-state index contributed by atoms with van der Waals surface area (Å²) in [5, 5.41) is 17.8. The molecule has 0 aromatic heterocycles. The van der Waals surface area contributed by atoms with Crippen LogP contribution in [0.4, 0.5) is 0 Å². The van der Waals surface area contributed by atoms with Crippen molar-refractivity contribution in [3.8, 4) is 0 Å². The highest BCUT2D eigenvalue weighted by Crippen LogP contribution is 2.03. The number of carbonyl (C=O) groups is 2. The van der Waals surface area contributed by atoms with Gasteiger partial charge in [-0.3, -0.25) is 0 Å². The summed E-state index contributed by atoms with van der Waals surface area (Å²) in [5.41, 5.74) is 1.55. The maximum Gasteiger partial charge on any atom is 0.330 e. The van der Waals surface area contributed by atoms with E-state index in [0.717, 1.165) is 12.8 Å². The average molecular weight is 335 g/mol. The van der Waals surface area contributed by atoms with Gasteiger partial charge >= 0.3 is 5.97 Å². The van der Waals surface area contributed by atoms with Gasteiger partial charge in [-0.15, -0.1) is 0 Å². The van der Waals surface area contributed by atoms with Crippen LogP contribution in [0.2, 0.25) is 0 Å². The van der Waals surface area contributed by atoms with E-state index in [1.807, 2.05) is 43.3 Å². The molecule has 5 heteroatoms. The van der Waals surface area contributed by atoms with Crippen LogP contribution in [0.1, 0.15) is 38.7 Å². The third kappa shape index (κ3) is 17.4. The molecule has 0 unspecified atom stereocenters. The molecule has 1 aromatic carbocycles. The molecule has 1 aromatic rings. The van der Waals surface area contributed by atoms with Crippen molar-refractivity contribution in [1.29, 1.82) is 0 Å². The lowest BCUT2D eigenvalue weighted by Crippen LogP contribution is -2.22. The second-order valence-electron chi connectivity index (χ2n) is 4.69. The first-order valence-electron chi connectivity index (χ1n) is 7.21. The topological polar surface area (TPSA) is 114 Å². The first kappa shape index (κ1) is 26.2. The zero-order valence-electron chi connectivity index (χ0n) is 14.9. The number of benzene rings is 1.